The van der Waals surface area contributed by atoms with Gasteiger partial charge < -0.3 is 9.64 Å². The summed E-state index contributed by atoms with van der Waals surface area (Å²) in [5.41, 5.74) is 2.36. The molecule has 2 aromatic rings. The van der Waals surface area contributed by atoms with E-state index in [2.05, 4.69) is 5.10 Å². The van der Waals surface area contributed by atoms with Crippen molar-refractivity contribution in [2.45, 2.75) is 25.3 Å². The predicted molar refractivity (Wildman–Crippen MR) is 88.6 cm³/mol. The molecule has 0 N–H and O–H groups in total. The first-order chi connectivity index (χ1) is 11.2. The van der Waals surface area contributed by atoms with E-state index in [4.69, 9.17) is 4.74 Å². The molecular weight excluding hydrogens is 310 g/mol. The Labute approximate surface area is 139 Å². The number of carbonyl (C=O) groups is 1. The lowest BCUT2D eigenvalue weighted by Crippen LogP contribution is -2.39. The highest BCUT2D eigenvalue weighted by Gasteiger charge is 2.32. The Balaban J connectivity index is 1.51. The van der Waals surface area contributed by atoms with Gasteiger partial charge in [-0.25, -0.2) is 0 Å². The van der Waals surface area contributed by atoms with Gasteiger partial charge >= 0.3 is 0 Å². The first-order valence-electron chi connectivity index (χ1n) is 8.13. The van der Waals surface area contributed by atoms with E-state index in [9.17, 15) is 4.79 Å². The van der Waals surface area contributed by atoms with Crippen LogP contribution in [-0.4, -0.2) is 40.3 Å². The van der Waals surface area contributed by atoms with Crippen LogP contribution in [0.1, 0.15) is 39.7 Å². The summed E-state index contributed by atoms with van der Waals surface area (Å²) in [4.78, 5) is 15.4. The molecule has 2 aromatic heterocycles. The van der Waals surface area contributed by atoms with E-state index in [1.165, 1.54) is 29.9 Å². The van der Waals surface area contributed by atoms with E-state index < -0.39 is 0 Å². The summed E-state index contributed by atoms with van der Waals surface area (Å²) in [6.45, 7) is 2.85. The molecule has 1 saturated carbocycles. The van der Waals surface area contributed by atoms with Crippen LogP contribution in [0.3, 0.4) is 0 Å². The monoisotopic (exact) mass is 331 g/mol. The molecule has 2 aliphatic rings. The number of amides is 1. The minimum absolute atomic E-state index is 0.113. The average Bonchev–Trinajstić information content (AvgIpc) is 3.07. The second-order valence-corrected chi connectivity index (χ2v) is 7.47. The van der Waals surface area contributed by atoms with Gasteiger partial charge in [-0.05, 0) is 30.2 Å². The number of aromatic nitrogens is 2. The first-order valence-corrected chi connectivity index (χ1v) is 9.01. The van der Waals surface area contributed by atoms with Crippen molar-refractivity contribution in [3.05, 3.63) is 39.8 Å². The number of carbonyl (C=O) groups excluding carboxylic acids is 1. The zero-order chi connectivity index (χ0) is 15.8. The Morgan fingerprint density at radius 1 is 1.43 bits per heavy atom. The van der Waals surface area contributed by atoms with Crippen LogP contribution in [0.5, 0.6) is 0 Å². The SMILES string of the molecule is Cn1ncc2c1C(COCC1CC1)CN(C(=O)c1cccs1)C2. The van der Waals surface area contributed by atoms with Gasteiger partial charge in [-0.3, -0.25) is 9.48 Å². The van der Waals surface area contributed by atoms with Crippen LogP contribution in [0.4, 0.5) is 0 Å². The first kappa shape index (κ1) is 14.9. The average molecular weight is 331 g/mol. The molecule has 6 heteroatoms. The van der Waals surface area contributed by atoms with Gasteiger partial charge in [0.1, 0.15) is 0 Å². The van der Waals surface area contributed by atoms with Crippen molar-refractivity contribution in [2.75, 3.05) is 19.8 Å². The molecule has 5 nitrogen and oxygen atoms in total. The maximum Gasteiger partial charge on any atom is 0.264 e. The van der Waals surface area contributed by atoms with Crippen molar-refractivity contribution in [3.63, 3.8) is 0 Å². The summed E-state index contributed by atoms with van der Waals surface area (Å²) in [5.74, 6) is 1.07. The highest BCUT2D eigenvalue weighted by Crippen LogP contribution is 2.32. The fourth-order valence-corrected chi connectivity index (χ4v) is 3.96. The molecule has 1 amide bonds. The van der Waals surface area contributed by atoms with Gasteiger partial charge in [0, 0.05) is 38.2 Å². The molecule has 1 fully saturated rings. The van der Waals surface area contributed by atoms with Crippen LogP contribution in [0.25, 0.3) is 0 Å². The summed E-state index contributed by atoms with van der Waals surface area (Å²) in [5, 5.41) is 6.33. The summed E-state index contributed by atoms with van der Waals surface area (Å²) < 4.78 is 7.86. The lowest BCUT2D eigenvalue weighted by Gasteiger charge is -2.33. The van der Waals surface area contributed by atoms with E-state index in [1.807, 2.05) is 40.3 Å². The highest BCUT2D eigenvalue weighted by molar-refractivity contribution is 7.12. The van der Waals surface area contributed by atoms with Gasteiger partial charge in [-0.2, -0.15) is 5.10 Å². The van der Waals surface area contributed by atoms with E-state index >= 15 is 0 Å². The molecule has 0 bridgehead atoms. The van der Waals surface area contributed by atoms with Gasteiger partial charge in [0.15, 0.2) is 0 Å². The minimum Gasteiger partial charge on any atom is -0.380 e. The number of thiophene rings is 1. The molecule has 122 valence electrons. The summed E-state index contributed by atoms with van der Waals surface area (Å²) in [6, 6.07) is 3.82. The normalized spacial score (nSPS) is 20.6. The Morgan fingerprint density at radius 3 is 3.04 bits per heavy atom. The van der Waals surface area contributed by atoms with Gasteiger partial charge in [0.2, 0.25) is 0 Å². The van der Waals surface area contributed by atoms with Crippen LogP contribution >= 0.6 is 11.3 Å². The second-order valence-electron chi connectivity index (χ2n) is 6.52. The van der Waals surface area contributed by atoms with E-state index in [-0.39, 0.29) is 11.8 Å². The van der Waals surface area contributed by atoms with Crippen LogP contribution in [0.15, 0.2) is 23.7 Å². The number of rotatable bonds is 5. The van der Waals surface area contributed by atoms with Gasteiger partial charge in [0.25, 0.3) is 5.91 Å². The van der Waals surface area contributed by atoms with Gasteiger partial charge in [0.05, 0.1) is 23.4 Å². The maximum atomic E-state index is 12.7. The lowest BCUT2D eigenvalue weighted by atomic mass is 9.96. The Bertz CT molecular complexity index is 691. The molecule has 0 saturated heterocycles. The van der Waals surface area contributed by atoms with Crippen molar-refractivity contribution >= 4 is 17.2 Å². The third kappa shape index (κ3) is 3.05. The van der Waals surface area contributed by atoms with Gasteiger partial charge in [-0.15, -0.1) is 11.3 Å². The van der Waals surface area contributed by atoms with Crippen LogP contribution in [0.2, 0.25) is 0 Å². The van der Waals surface area contributed by atoms with Crippen LogP contribution in [-0.2, 0) is 18.3 Å². The molecule has 0 spiro atoms. The number of ether oxygens (including phenoxy) is 1. The molecule has 0 radical (unpaired) electrons. The second kappa shape index (κ2) is 6.09. The summed E-state index contributed by atoms with van der Waals surface area (Å²) in [7, 11) is 1.98. The van der Waals surface area contributed by atoms with Crippen molar-refractivity contribution in [2.24, 2.45) is 13.0 Å². The van der Waals surface area contributed by atoms with Crippen LogP contribution < -0.4 is 0 Å². The highest BCUT2D eigenvalue weighted by atomic mass is 32.1. The van der Waals surface area contributed by atoms with E-state index in [0.717, 1.165) is 23.0 Å². The molecular formula is C17H21N3O2S. The topological polar surface area (TPSA) is 47.4 Å². The number of nitrogens with zero attached hydrogens (tertiary/aromatic N) is 3. The molecule has 4 rings (SSSR count). The van der Waals surface area contributed by atoms with E-state index in [1.54, 1.807) is 0 Å². The molecule has 1 aliphatic heterocycles. The van der Waals surface area contributed by atoms with Crippen molar-refractivity contribution in [1.82, 2.24) is 14.7 Å². The third-order valence-electron chi connectivity index (χ3n) is 4.64. The lowest BCUT2D eigenvalue weighted by molar-refractivity contribution is 0.0625. The Kier molecular flexibility index (Phi) is 3.95. The van der Waals surface area contributed by atoms with E-state index in [0.29, 0.717) is 19.7 Å². The largest absolute Gasteiger partial charge is 0.380 e. The Morgan fingerprint density at radius 2 is 2.30 bits per heavy atom. The number of hydrogen-bond donors (Lipinski definition) is 0. The molecule has 1 unspecified atom stereocenters. The molecule has 0 aromatic carbocycles. The maximum absolute atomic E-state index is 12.7. The van der Waals surface area contributed by atoms with Crippen molar-refractivity contribution < 1.29 is 9.53 Å². The quantitative estimate of drug-likeness (QED) is 0.846. The fourth-order valence-electron chi connectivity index (χ4n) is 3.27. The zero-order valence-corrected chi connectivity index (χ0v) is 14.1. The molecule has 1 aliphatic carbocycles. The predicted octanol–water partition coefficient (Wildman–Crippen LogP) is 2.65. The molecule has 23 heavy (non-hydrogen) atoms. The zero-order valence-electron chi connectivity index (χ0n) is 13.3. The smallest absolute Gasteiger partial charge is 0.264 e. The number of fused-ring (bicyclic) bond motifs is 1. The number of aryl methyl sites for hydroxylation is 1. The Hall–Kier alpha value is -1.66. The summed E-state index contributed by atoms with van der Waals surface area (Å²) in [6.07, 6.45) is 4.48. The minimum atomic E-state index is 0.113. The number of hydrogen-bond acceptors (Lipinski definition) is 4. The molecule has 3 heterocycles. The van der Waals surface area contributed by atoms with Crippen LogP contribution in [0, 0.1) is 5.92 Å². The molecule has 1 atom stereocenters. The standard InChI is InChI=1S/C17H21N3O2S/c1-19-16-13(7-18-19)8-20(17(21)15-3-2-6-23-15)9-14(16)11-22-10-12-4-5-12/h2-3,6-7,12,14H,4-5,8-11H2,1H3. The third-order valence-corrected chi connectivity index (χ3v) is 5.50. The van der Waals surface area contributed by atoms with Crippen molar-refractivity contribution in [3.8, 4) is 0 Å². The van der Waals surface area contributed by atoms with Crippen molar-refractivity contribution in [1.29, 1.82) is 0 Å². The fraction of sp³-hybridized carbons (Fsp3) is 0.529. The summed E-state index contributed by atoms with van der Waals surface area (Å²) >= 11 is 1.50. The van der Waals surface area contributed by atoms with Gasteiger partial charge in [-0.1, -0.05) is 6.07 Å².